The number of aliphatic hydroxyl groups is 1. The Balaban J connectivity index is 1.87. The van der Waals surface area contributed by atoms with Crippen LogP contribution in [-0.2, 0) is 13.2 Å². The molecule has 3 N–H and O–H groups in total. The Morgan fingerprint density at radius 3 is 2.68 bits per heavy atom. The van der Waals surface area contributed by atoms with Gasteiger partial charge >= 0.3 is 0 Å². The number of nitrogen functional groups attached to an aromatic ring is 1. The van der Waals surface area contributed by atoms with Gasteiger partial charge in [0.2, 0.25) is 5.95 Å². The Kier molecular flexibility index (Phi) is 3.87. The summed E-state index contributed by atoms with van der Waals surface area (Å²) in [5.74, 6) is 0.148. The molecule has 0 bridgehead atoms. The van der Waals surface area contributed by atoms with E-state index in [9.17, 15) is 5.11 Å². The van der Waals surface area contributed by atoms with Crippen molar-refractivity contribution in [3.05, 3.63) is 72.2 Å². The molecule has 4 rings (SSSR count). The fourth-order valence-electron chi connectivity index (χ4n) is 2.96. The molecule has 0 amide bonds. The number of rotatable bonds is 4. The van der Waals surface area contributed by atoms with Gasteiger partial charge < -0.3 is 15.4 Å². The minimum atomic E-state index is -0.180. The first-order valence-electron chi connectivity index (χ1n) is 7.97. The molecule has 0 spiro atoms. The largest absolute Gasteiger partial charge is 0.390 e. The fraction of sp³-hybridized carbons (Fsp3) is 0.105. The average Bonchev–Trinajstić information content (AvgIpc) is 3.01. The Bertz CT molecular complexity index is 1030. The zero-order valence-electron chi connectivity index (χ0n) is 13.5. The molecule has 4 aromatic rings. The number of hydrogen-bond donors (Lipinski definition) is 2. The standard InChI is InChI=1S/C19H17N5O/c20-19-22-14(12-25)9-17(23-19)16-11-24(10-13-5-2-1-3-6-13)18-15(16)7-4-8-21-18/h1-9,11,25H,10,12H2,(H2,20,22,23). The van der Waals surface area contributed by atoms with Gasteiger partial charge in [0.25, 0.3) is 0 Å². The summed E-state index contributed by atoms with van der Waals surface area (Å²) in [7, 11) is 0. The van der Waals surface area contributed by atoms with Crippen molar-refractivity contribution in [1.29, 1.82) is 0 Å². The lowest BCUT2D eigenvalue weighted by atomic mass is 10.1. The molecule has 0 aliphatic heterocycles. The number of pyridine rings is 1. The molecule has 0 fully saturated rings. The van der Waals surface area contributed by atoms with Gasteiger partial charge in [-0.05, 0) is 23.8 Å². The summed E-state index contributed by atoms with van der Waals surface area (Å²) < 4.78 is 2.09. The fourth-order valence-corrected chi connectivity index (χ4v) is 2.96. The van der Waals surface area contributed by atoms with Crippen LogP contribution in [0.15, 0.2) is 60.9 Å². The van der Waals surface area contributed by atoms with Crippen molar-refractivity contribution in [2.75, 3.05) is 5.73 Å². The number of nitrogens with zero attached hydrogens (tertiary/aromatic N) is 4. The van der Waals surface area contributed by atoms with Crippen molar-refractivity contribution in [3.8, 4) is 11.3 Å². The van der Waals surface area contributed by atoms with E-state index in [1.54, 1.807) is 12.3 Å². The summed E-state index contributed by atoms with van der Waals surface area (Å²) >= 11 is 0. The summed E-state index contributed by atoms with van der Waals surface area (Å²) in [6.07, 6.45) is 3.80. The highest BCUT2D eigenvalue weighted by atomic mass is 16.3. The Labute approximate surface area is 144 Å². The van der Waals surface area contributed by atoms with E-state index in [0.29, 0.717) is 17.9 Å². The van der Waals surface area contributed by atoms with E-state index >= 15 is 0 Å². The number of anilines is 1. The van der Waals surface area contributed by atoms with Gasteiger partial charge in [-0.1, -0.05) is 30.3 Å². The Morgan fingerprint density at radius 1 is 1.04 bits per heavy atom. The number of aliphatic hydroxyl groups excluding tert-OH is 1. The normalized spacial score (nSPS) is 11.1. The van der Waals surface area contributed by atoms with Gasteiger partial charge in [0.05, 0.1) is 18.0 Å². The van der Waals surface area contributed by atoms with E-state index in [-0.39, 0.29) is 12.6 Å². The van der Waals surface area contributed by atoms with Crippen LogP contribution < -0.4 is 5.73 Å². The van der Waals surface area contributed by atoms with Gasteiger partial charge in [-0.15, -0.1) is 0 Å². The second kappa shape index (κ2) is 6.33. The van der Waals surface area contributed by atoms with E-state index in [4.69, 9.17) is 5.73 Å². The highest BCUT2D eigenvalue weighted by molar-refractivity contribution is 5.93. The first-order valence-corrected chi connectivity index (χ1v) is 7.97. The minimum Gasteiger partial charge on any atom is -0.390 e. The third-order valence-electron chi connectivity index (χ3n) is 4.06. The molecular formula is C19H17N5O. The molecular weight excluding hydrogens is 314 g/mol. The maximum atomic E-state index is 9.38. The highest BCUT2D eigenvalue weighted by Gasteiger charge is 2.14. The molecule has 0 saturated heterocycles. The van der Waals surface area contributed by atoms with Crippen LogP contribution in [0.3, 0.4) is 0 Å². The lowest BCUT2D eigenvalue weighted by Crippen LogP contribution is -2.01. The van der Waals surface area contributed by atoms with Crippen molar-refractivity contribution < 1.29 is 5.11 Å². The monoisotopic (exact) mass is 331 g/mol. The molecule has 25 heavy (non-hydrogen) atoms. The van der Waals surface area contributed by atoms with Crippen molar-refractivity contribution in [2.24, 2.45) is 0 Å². The maximum absolute atomic E-state index is 9.38. The molecule has 6 heteroatoms. The molecule has 124 valence electrons. The second-order valence-electron chi connectivity index (χ2n) is 5.79. The molecule has 0 aliphatic carbocycles. The SMILES string of the molecule is Nc1nc(CO)cc(-c2cn(Cc3ccccc3)c3ncccc23)n1. The predicted octanol–water partition coefficient (Wildman–Crippen LogP) is 2.62. The van der Waals surface area contributed by atoms with Crippen molar-refractivity contribution in [3.63, 3.8) is 0 Å². The van der Waals surface area contributed by atoms with E-state index in [1.807, 2.05) is 36.5 Å². The zero-order chi connectivity index (χ0) is 17.2. The number of benzene rings is 1. The molecule has 1 aromatic carbocycles. The molecule has 3 heterocycles. The van der Waals surface area contributed by atoms with Gasteiger partial charge in [-0.3, -0.25) is 0 Å². The van der Waals surface area contributed by atoms with Crippen LogP contribution in [0.5, 0.6) is 0 Å². The lowest BCUT2D eigenvalue weighted by Gasteiger charge is -2.04. The van der Waals surface area contributed by atoms with Crippen LogP contribution in [0.2, 0.25) is 0 Å². The number of aromatic nitrogens is 4. The second-order valence-corrected chi connectivity index (χ2v) is 5.79. The van der Waals surface area contributed by atoms with Gasteiger partial charge in [0.1, 0.15) is 5.65 Å². The topological polar surface area (TPSA) is 89.8 Å². The molecule has 0 saturated carbocycles. The number of nitrogens with two attached hydrogens (primary N) is 1. The van der Waals surface area contributed by atoms with Crippen molar-refractivity contribution in [2.45, 2.75) is 13.2 Å². The Morgan fingerprint density at radius 2 is 1.88 bits per heavy atom. The molecule has 0 unspecified atom stereocenters. The predicted molar refractivity (Wildman–Crippen MR) is 96.6 cm³/mol. The van der Waals surface area contributed by atoms with Gasteiger partial charge in [-0.2, -0.15) is 0 Å². The van der Waals surface area contributed by atoms with Crippen LogP contribution in [0.4, 0.5) is 5.95 Å². The Hall–Kier alpha value is -3.25. The molecule has 0 radical (unpaired) electrons. The van der Waals surface area contributed by atoms with Crippen LogP contribution in [0.25, 0.3) is 22.3 Å². The van der Waals surface area contributed by atoms with E-state index in [0.717, 1.165) is 16.6 Å². The summed E-state index contributed by atoms with van der Waals surface area (Å²) in [6.45, 7) is 0.530. The van der Waals surface area contributed by atoms with Crippen LogP contribution in [0, 0.1) is 0 Å². The van der Waals surface area contributed by atoms with Gasteiger partial charge in [0, 0.05) is 29.9 Å². The summed E-state index contributed by atoms with van der Waals surface area (Å²) in [5.41, 5.74) is 9.96. The first-order chi connectivity index (χ1) is 12.2. The first kappa shape index (κ1) is 15.3. The van der Waals surface area contributed by atoms with Gasteiger partial charge in [-0.25, -0.2) is 15.0 Å². The average molecular weight is 331 g/mol. The summed E-state index contributed by atoms with van der Waals surface area (Å²) in [4.78, 5) is 12.9. The van der Waals surface area contributed by atoms with Crippen LogP contribution in [0.1, 0.15) is 11.3 Å². The number of hydrogen-bond acceptors (Lipinski definition) is 5. The van der Waals surface area contributed by atoms with Crippen LogP contribution >= 0.6 is 0 Å². The van der Waals surface area contributed by atoms with Crippen LogP contribution in [-0.4, -0.2) is 24.6 Å². The lowest BCUT2D eigenvalue weighted by molar-refractivity contribution is 0.277. The van der Waals surface area contributed by atoms with E-state index in [2.05, 4.69) is 31.7 Å². The molecule has 3 aromatic heterocycles. The quantitative estimate of drug-likeness (QED) is 0.600. The smallest absolute Gasteiger partial charge is 0.220 e. The summed E-state index contributed by atoms with van der Waals surface area (Å²) in [5, 5.41) is 10.4. The van der Waals surface area contributed by atoms with Crippen molar-refractivity contribution in [1.82, 2.24) is 19.5 Å². The molecule has 6 nitrogen and oxygen atoms in total. The zero-order valence-corrected chi connectivity index (χ0v) is 13.5. The van der Waals surface area contributed by atoms with E-state index < -0.39 is 0 Å². The minimum absolute atomic E-state index is 0.148. The third kappa shape index (κ3) is 2.95. The maximum Gasteiger partial charge on any atom is 0.220 e. The van der Waals surface area contributed by atoms with Gasteiger partial charge in [0.15, 0.2) is 0 Å². The summed E-state index contributed by atoms with van der Waals surface area (Å²) in [6, 6.07) is 15.9. The van der Waals surface area contributed by atoms with E-state index in [1.165, 1.54) is 5.56 Å². The molecule has 0 aliphatic rings. The number of fused-ring (bicyclic) bond motifs is 1. The third-order valence-corrected chi connectivity index (χ3v) is 4.06. The molecule has 0 atom stereocenters. The highest BCUT2D eigenvalue weighted by Crippen LogP contribution is 2.29. The van der Waals surface area contributed by atoms with Crippen molar-refractivity contribution >= 4 is 17.0 Å².